The summed E-state index contributed by atoms with van der Waals surface area (Å²) in [5.41, 5.74) is 6.80. The van der Waals surface area contributed by atoms with E-state index in [2.05, 4.69) is 20.8 Å². The molecule has 21 heavy (non-hydrogen) atoms. The van der Waals surface area contributed by atoms with Crippen LogP contribution in [0.2, 0.25) is 0 Å². The van der Waals surface area contributed by atoms with E-state index in [-0.39, 0.29) is 23.0 Å². The molecule has 1 fully saturated rings. The van der Waals surface area contributed by atoms with Crippen LogP contribution in [0.5, 0.6) is 0 Å². The lowest BCUT2D eigenvalue weighted by Gasteiger charge is -2.35. The van der Waals surface area contributed by atoms with E-state index in [4.69, 9.17) is 5.73 Å². The summed E-state index contributed by atoms with van der Waals surface area (Å²) in [5, 5.41) is 11.0. The molecule has 2 rings (SSSR count). The van der Waals surface area contributed by atoms with Crippen molar-refractivity contribution in [1.82, 2.24) is 4.90 Å². The Bertz CT molecular complexity index is 485. The minimum absolute atomic E-state index is 0. The Kier molecular flexibility index (Phi) is 7.59. The molecule has 0 amide bonds. The van der Waals surface area contributed by atoms with Crippen LogP contribution in [0.3, 0.4) is 0 Å². The Labute approximate surface area is 139 Å². The van der Waals surface area contributed by atoms with Crippen LogP contribution in [0.25, 0.3) is 0 Å². The van der Waals surface area contributed by atoms with Gasteiger partial charge in [0.15, 0.2) is 0 Å². The molecule has 2 N–H and O–H groups in total. The molecule has 1 atom stereocenters. The number of hydrogen-bond donors (Lipinski definition) is 1. The average Bonchev–Trinajstić information content (AvgIpc) is 2.43. The molecule has 1 aromatic carbocycles. The normalized spacial score (nSPS) is 19.0. The average molecular weight is 379 g/mol. The van der Waals surface area contributed by atoms with E-state index < -0.39 is 0 Å². The highest BCUT2D eigenvalue weighted by atomic mass is 79.9. The Morgan fingerprint density at radius 1 is 1.43 bits per heavy atom. The van der Waals surface area contributed by atoms with Gasteiger partial charge in [0.25, 0.3) is 5.69 Å². The lowest BCUT2D eigenvalue weighted by atomic mass is 9.98. The zero-order valence-electron chi connectivity index (χ0n) is 11.8. The van der Waals surface area contributed by atoms with Gasteiger partial charge in [0.05, 0.1) is 9.40 Å². The molecule has 5 nitrogen and oxygen atoms in total. The molecule has 1 aliphatic heterocycles. The van der Waals surface area contributed by atoms with Crippen molar-refractivity contribution in [2.45, 2.75) is 38.3 Å². The first-order chi connectivity index (χ1) is 9.61. The largest absolute Gasteiger partial charge is 0.330 e. The van der Waals surface area contributed by atoms with Gasteiger partial charge in [0.1, 0.15) is 0 Å². The van der Waals surface area contributed by atoms with Crippen LogP contribution in [-0.4, -0.2) is 29.0 Å². The molecular weight excluding hydrogens is 358 g/mol. The van der Waals surface area contributed by atoms with Crippen molar-refractivity contribution in [2.75, 3.05) is 13.1 Å². The predicted octanol–water partition coefficient (Wildman–Crippen LogP) is 3.48. The number of hydrogen-bond acceptors (Lipinski definition) is 4. The summed E-state index contributed by atoms with van der Waals surface area (Å²) in [6, 6.07) is 5.88. The van der Waals surface area contributed by atoms with Gasteiger partial charge < -0.3 is 5.73 Å². The third-order valence-electron chi connectivity index (χ3n) is 3.84. The van der Waals surface area contributed by atoms with Crippen molar-refractivity contribution in [3.63, 3.8) is 0 Å². The maximum atomic E-state index is 11.0. The van der Waals surface area contributed by atoms with E-state index in [0.29, 0.717) is 17.1 Å². The number of nitrogens with zero attached hydrogens (tertiary/aromatic N) is 2. The van der Waals surface area contributed by atoms with Crippen molar-refractivity contribution >= 4 is 34.0 Å². The highest BCUT2D eigenvalue weighted by Gasteiger charge is 2.22. The lowest BCUT2D eigenvalue weighted by molar-refractivity contribution is -0.385. The smallest absolute Gasteiger partial charge is 0.283 e. The maximum absolute atomic E-state index is 11.0. The fourth-order valence-corrected chi connectivity index (χ4v) is 3.21. The van der Waals surface area contributed by atoms with Gasteiger partial charge in [-0.1, -0.05) is 12.5 Å². The van der Waals surface area contributed by atoms with Gasteiger partial charge in [0, 0.05) is 18.7 Å². The first-order valence-electron chi connectivity index (χ1n) is 6.98. The van der Waals surface area contributed by atoms with Crippen LogP contribution in [0, 0.1) is 10.1 Å². The minimum Gasteiger partial charge on any atom is -0.330 e. The summed E-state index contributed by atoms with van der Waals surface area (Å²) in [5.74, 6) is 0. The summed E-state index contributed by atoms with van der Waals surface area (Å²) in [7, 11) is 0. The molecule has 118 valence electrons. The summed E-state index contributed by atoms with van der Waals surface area (Å²) < 4.78 is 0.531. The van der Waals surface area contributed by atoms with E-state index >= 15 is 0 Å². The molecular formula is C14H21BrClN3O2. The first kappa shape index (κ1) is 18.4. The van der Waals surface area contributed by atoms with E-state index in [1.54, 1.807) is 12.1 Å². The zero-order valence-corrected chi connectivity index (χ0v) is 14.2. The minimum atomic E-state index is -0.346. The molecule has 1 aromatic rings. The van der Waals surface area contributed by atoms with Crippen LogP contribution >= 0.6 is 28.3 Å². The number of likely N-dealkylation sites (tertiary alicyclic amines) is 1. The van der Waals surface area contributed by atoms with E-state index in [9.17, 15) is 10.1 Å². The van der Waals surface area contributed by atoms with Gasteiger partial charge in [0.2, 0.25) is 0 Å². The van der Waals surface area contributed by atoms with Crippen LogP contribution in [0.15, 0.2) is 22.7 Å². The molecule has 1 unspecified atom stereocenters. The van der Waals surface area contributed by atoms with Gasteiger partial charge in [-0.15, -0.1) is 12.4 Å². The molecule has 0 aliphatic carbocycles. The fourth-order valence-electron chi connectivity index (χ4n) is 2.82. The Morgan fingerprint density at radius 2 is 2.19 bits per heavy atom. The molecule has 0 radical (unpaired) electrons. The summed E-state index contributed by atoms with van der Waals surface area (Å²) >= 11 is 3.22. The SMILES string of the molecule is Cl.NCCC1CCCCN1Cc1ccc(Br)c([N+](=O)[O-])c1. The van der Waals surface area contributed by atoms with Gasteiger partial charge in [-0.2, -0.15) is 0 Å². The molecule has 1 heterocycles. The third-order valence-corrected chi connectivity index (χ3v) is 4.51. The van der Waals surface area contributed by atoms with Crippen LogP contribution in [0.4, 0.5) is 5.69 Å². The van der Waals surface area contributed by atoms with Gasteiger partial charge in [-0.3, -0.25) is 15.0 Å². The molecule has 7 heteroatoms. The van der Waals surface area contributed by atoms with Crippen molar-refractivity contribution in [3.8, 4) is 0 Å². The van der Waals surface area contributed by atoms with Gasteiger partial charge in [-0.05, 0) is 59.9 Å². The molecule has 0 saturated carbocycles. The van der Waals surface area contributed by atoms with Crippen molar-refractivity contribution in [3.05, 3.63) is 38.3 Å². The molecule has 0 spiro atoms. The lowest BCUT2D eigenvalue weighted by Crippen LogP contribution is -2.40. The summed E-state index contributed by atoms with van der Waals surface area (Å²) in [6.07, 6.45) is 4.62. The number of nitrogens with two attached hydrogens (primary N) is 1. The number of nitro benzene ring substituents is 1. The topological polar surface area (TPSA) is 72.4 Å². The predicted molar refractivity (Wildman–Crippen MR) is 89.8 cm³/mol. The van der Waals surface area contributed by atoms with Crippen molar-refractivity contribution in [1.29, 1.82) is 0 Å². The molecule has 1 aliphatic rings. The fraction of sp³-hybridized carbons (Fsp3) is 0.571. The number of piperidine rings is 1. The Morgan fingerprint density at radius 3 is 2.86 bits per heavy atom. The number of nitro groups is 1. The van der Waals surface area contributed by atoms with E-state index in [1.165, 1.54) is 19.3 Å². The second-order valence-corrected chi connectivity index (χ2v) is 6.09. The van der Waals surface area contributed by atoms with E-state index in [1.807, 2.05) is 6.07 Å². The second-order valence-electron chi connectivity index (χ2n) is 5.24. The summed E-state index contributed by atoms with van der Waals surface area (Å²) in [6.45, 7) is 2.51. The number of benzene rings is 1. The molecule has 0 aromatic heterocycles. The maximum Gasteiger partial charge on any atom is 0.283 e. The van der Waals surface area contributed by atoms with Gasteiger partial charge >= 0.3 is 0 Å². The van der Waals surface area contributed by atoms with Crippen LogP contribution in [-0.2, 0) is 6.54 Å². The quantitative estimate of drug-likeness (QED) is 0.629. The number of rotatable bonds is 5. The monoisotopic (exact) mass is 377 g/mol. The second kappa shape index (κ2) is 8.68. The highest BCUT2D eigenvalue weighted by Crippen LogP contribution is 2.28. The standard InChI is InChI=1S/C14H20BrN3O2.ClH/c15-13-5-4-11(9-14(13)18(19)20)10-17-8-2-1-3-12(17)6-7-16;/h4-5,9,12H,1-3,6-8,10,16H2;1H. The molecule has 0 bridgehead atoms. The van der Waals surface area contributed by atoms with Crippen LogP contribution < -0.4 is 5.73 Å². The highest BCUT2D eigenvalue weighted by molar-refractivity contribution is 9.10. The molecule has 1 saturated heterocycles. The number of halogens is 2. The van der Waals surface area contributed by atoms with Crippen molar-refractivity contribution < 1.29 is 4.92 Å². The zero-order chi connectivity index (χ0) is 14.5. The van der Waals surface area contributed by atoms with Crippen molar-refractivity contribution in [2.24, 2.45) is 5.73 Å². The Hall–Kier alpha value is -0.690. The Balaban J connectivity index is 0.00000220. The summed E-state index contributed by atoms with van der Waals surface area (Å²) in [4.78, 5) is 13.0. The van der Waals surface area contributed by atoms with E-state index in [0.717, 1.165) is 25.1 Å². The third kappa shape index (κ3) is 4.92. The van der Waals surface area contributed by atoms with Crippen LogP contribution in [0.1, 0.15) is 31.2 Å². The first-order valence-corrected chi connectivity index (χ1v) is 7.78. The van der Waals surface area contributed by atoms with Gasteiger partial charge in [-0.25, -0.2) is 0 Å².